The maximum absolute atomic E-state index is 14.1. The molecule has 164 valence electrons. The van der Waals surface area contributed by atoms with Crippen molar-refractivity contribution in [1.29, 1.82) is 0 Å². The fourth-order valence-electron chi connectivity index (χ4n) is 3.11. The van der Waals surface area contributed by atoms with E-state index in [1.807, 2.05) is 12.1 Å². The lowest BCUT2D eigenvalue weighted by Gasteiger charge is -2.20. The molecule has 0 unspecified atom stereocenters. The van der Waals surface area contributed by atoms with E-state index >= 15 is 0 Å². The summed E-state index contributed by atoms with van der Waals surface area (Å²) < 4.78 is 14.1. The van der Waals surface area contributed by atoms with Crippen LogP contribution in [0.1, 0.15) is 48.1 Å². The van der Waals surface area contributed by atoms with Crippen molar-refractivity contribution in [2.45, 2.75) is 44.6 Å². The van der Waals surface area contributed by atoms with Crippen LogP contribution >= 0.6 is 23.4 Å². The molecular weight excluding hydrogens is 435 g/mol. The average Bonchev–Trinajstić information content (AvgIpc) is 3.08. The molecule has 1 aromatic carbocycles. The fraction of sp³-hybridized carbons (Fsp3) is 0.348. The van der Waals surface area contributed by atoms with Crippen LogP contribution in [0, 0.1) is 11.2 Å². The Hall–Kier alpha value is -2.38. The Morgan fingerprint density at radius 3 is 2.58 bits per heavy atom. The lowest BCUT2D eigenvalue weighted by molar-refractivity contribution is 0.0778. The third-order valence-electron chi connectivity index (χ3n) is 4.60. The van der Waals surface area contributed by atoms with Gasteiger partial charge in [0.05, 0.1) is 0 Å². The standard InChI is InChI=1S/C23H26ClFN4OS/c1-23(2,3)12-19-20(21(30)29(4)13-15-8-10-26-11-9-15)28-22(27-19)31-14-16-17(24)6-5-7-18(16)25/h5-11H,12-14H2,1-4H3,(H,27,28). The first kappa shape index (κ1) is 23.3. The van der Waals surface area contributed by atoms with Crippen molar-refractivity contribution in [3.8, 4) is 0 Å². The van der Waals surface area contributed by atoms with Gasteiger partial charge in [-0.25, -0.2) is 9.37 Å². The molecule has 0 fully saturated rings. The lowest BCUT2D eigenvalue weighted by Crippen LogP contribution is -2.28. The van der Waals surface area contributed by atoms with Crippen LogP contribution in [0.15, 0.2) is 47.9 Å². The highest BCUT2D eigenvalue weighted by molar-refractivity contribution is 7.98. The van der Waals surface area contributed by atoms with Gasteiger partial charge in [0, 0.05) is 48.0 Å². The molecule has 0 aliphatic carbocycles. The van der Waals surface area contributed by atoms with Gasteiger partial charge in [0.15, 0.2) is 10.9 Å². The van der Waals surface area contributed by atoms with Gasteiger partial charge in [-0.3, -0.25) is 9.78 Å². The smallest absolute Gasteiger partial charge is 0.274 e. The largest absolute Gasteiger partial charge is 0.336 e. The van der Waals surface area contributed by atoms with Crippen molar-refractivity contribution in [3.05, 3.63) is 76.1 Å². The Bertz CT molecular complexity index is 1030. The van der Waals surface area contributed by atoms with Crippen molar-refractivity contribution in [2.24, 2.45) is 5.41 Å². The number of thioether (sulfide) groups is 1. The molecule has 2 aromatic heterocycles. The quantitative estimate of drug-likeness (QED) is 0.456. The molecule has 1 N–H and O–H groups in total. The molecule has 0 spiro atoms. The maximum atomic E-state index is 14.1. The van der Waals surface area contributed by atoms with Crippen LogP contribution in [-0.2, 0) is 18.7 Å². The number of hydrogen-bond donors (Lipinski definition) is 1. The monoisotopic (exact) mass is 460 g/mol. The Kier molecular flexibility index (Phi) is 7.38. The van der Waals surface area contributed by atoms with E-state index in [1.165, 1.54) is 17.8 Å². The summed E-state index contributed by atoms with van der Waals surface area (Å²) in [7, 11) is 1.75. The Balaban J connectivity index is 1.82. The molecule has 0 radical (unpaired) electrons. The highest BCUT2D eigenvalue weighted by atomic mass is 35.5. The number of carbonyl (C=O) groups excluding carboxylic acids is 1. The number of H-pyrrole nitrogens is 1. The third-order valence-corrected chi connectivity index (χ3v) is 5.85. The van der Waals surface area contributed by atoms with Gasteiger partial charge in [-0.2, -0.15) is 0 Å². The number of carbonyl (C=O) groups is 1. The first-order chi connectivity index (χ1) is 14.6. The fourth-order valence-corrected chi connectivity index (χ4v) is 4.35. The van der Waals surface area contributed by atoms with Gasteiger partial charge in [-0.15, -0.1) is 0 Å². The van der Waals surface area contributed by atoms with Gasteiger partial charge in [0.1, 0.15) is 5.82 Å². The molecule has 2 heterocycles. The zero-order valence-corrected chi connectivity index (χ0v) is 19.6. The molecule has 3 aromatic rings. The first-order valence-electron chi connectivity index (χ1n) is 9.93. The molecule has 3 rings (SSSR count). The number of halogens is 2. The second kappa shape index (κ2) is 9.83. The van der Waals surface area contributed by atoms with E-state index < -0.39 is 0 Å². The Morgan fingerprint density at radius 2 is 1.94 bits per heavy atom. The van der Waals surface area contributed by atoms with Gasteiger partial charge in [-0.1, -0.05) is 50.2 Å². The van der Waals surface area contributed by atoms with Crippen LogP contribution in [0.4, 0.5) is 4.39 Å². The molecule has 0 atom stereocenters. The molecule has 0 bridgehead atoms. The molecule has 1 amide bonds. The van der Waals surface area contributed by atoms with Gasteiger partial charge >= 0.3 is 0 Å². The maximum Gasteiger partial charge on any atom is 0.274 e. The normalized spacial score (nSPS) is 11.5. The predicted octanol–water partition coefficient (Wildman–Crippen LogP) is 5.75. The summed E-state index contributed by atoms with van der Waals surface area (Å²) in [6.45, 7) is 6.77. The second-order valence-electron chi connectivity index (χ2n) is 8.61. The average molecular weight is 461 g/mol. The number of amides is 1. The van der Waals surface area contributed by atoms with E-state index in [4.69, 9.17) is 11.6 Å². The Labute approximate surface area is 191 Å². The number of pyridine rings is 1. The number of hydrogen-bond acceptors (Lipinski definition) is 4. The van der Waals surface area contributed by atoms with E-state index in [0.29, 0.717) is 40.2 Å². The summed E-state index contributed by atoms with van der Waals surface area (Å²) >= 11 is 7.47. The van der Waals surface area contributed by atoms with Crippen molar-refractivity contribution in [2.75, 3.05) is 7.05 Å². The summed E-state index contributed by atoms with van der Waals surface area (Å²) in [6, 6.07) is 8.39. The van der Waals surface area contributed by atoms with Crippen molar-refractivity contribution >= 4 is 29.3 Å². The summed E-state index contributed by atoms with van der Waals surface area (Å²) in [5.41, 5.74) is 2.55. The molecule has 0 aliphatic heterocycles. The third kappa shape index (κ3) is 6.31. The molecular formula is C23H26ClFN4OS. The number of imidazole rings is 1. The molecule has 31 heavy (non-hydrogen) atoms. The van der Waals surface area contributed by atoms with Gasteiger partial charge in [0.25, 0.3) is 5.91 Å². The second-order valence-corrected chi connectivity index (χ2v) is 9.98. The van der Waals surface area contributed by atoms with E-state index in [1.54, 1.807) is 36.5 Å². The van der Waals surface area contributed by atoms with Crippen LogP contribution < -0.4 is 0 Å². The number of rotatable bonds is 7. The number of nitrogens with one attached hydrogen (secondary N) is 1. The SMILES string of the molecule is CN(Cc1ccncc1)C(=O)c1nc(SCc2c(F)cccc2Cl)[nH]c1CC(C)(C)C. The highest BCUT2D eigenvalue weighted by Crippen LogP contribution is 2.30. The van der Waals surface area contributed by atoms with Crippen molar-refractivity contribution < 1.29 is 9.18 Å². The van der Waals surface area contributed by atoms with E-state index in [-0.39, 0.29) is 17.1 Å². The molecule has 0 saturated carbocycles. The van der Waals surface area contributed by atoms with Crippen LogP contribution in [0.5, 0.6) is 0 Å². The van der Waals surface area contributed by atoms with Crippen LogP contribution in [0.2, 0.25) is 5.02 Å². The van der Waals surface area contributed by atoms with Gasteiger partial charge < -0.3 is 9.88 Å². The molecule has 0 saturated heterocycles. The van der Waals surface area contributed by atoms with Gasteiger partial charge in [0.2, 0.25) is 0 Å². The predicted molar refractivity (Wildman–Crippen MR) is 123 cm³/mol. The highest BCUT2D eigenvalue weighted by Gasteiger charge is 2.25. The molecule has 5 nitrogen and oxygen atoms in total. The number of benzene rings is 1. The lowest BCUT2D eigenvalue weighted by atomic mass is 9.90. The van der Waals surface area contributed by atoms with Crippen LogP contribution in [-0.4, -0.2) is 32.8 Å². The van der Waals surface area contributed by atoms with Crippen LogP contribution in [0.25, 0.3) is 0 Å². The molecule has 8 heteroatoms. The Morgan fingerprint density at radius 1 is 1.23 bits per heavy atom. The minimum absolute atomic E-state index is 0.0397. The van der Waals surface area contributed by atoms with Crippen LogP contribution in [0.3, 0.4) is 0 Å². The summed E-state index contributed by atoms with van der Waals surface area (Å²) in [5.74, 6) is -0.202. The summed E-state index contributed by atoms with van der Waals surface area (Å²) in [6.07, 6.45) is 4.07. The van der Waals surface area contributed by atoms with E-state index in [9.17, 15) is 9.18 Å². The van der Waals surface area contributed by atoms with E-state index in [0.717, 1.165) is 11.3 Å². The van der Waals surface area contributed by atoms with Crippen molar-refractivity contribution in [3.63, 3.8) is 0 Å². The van der Waals surface area contributed by atoms with E-state index in [2.05, 4.69) is 35.7 Å². The van der Waals surface area contributed by atoms with Gasteiger partial charge in [-0.05, 0) is 41.7 Å². The number of aromatic nitrogens is 3. The number of nitrogens with zero attached hydrogens (tertiary/aromatic N) is 3. The summed E-state index contributed by atoms with van der Waals surface area (Å²) in [5, 5.41) is 0.946. The number of aromatic amines is 1. The summed E-state index contributed by atoms with van der Waals surface area (Å²) in [4.78, 5) is 26.7. The molecule has 0 aliphatic rings. The minimum Gasteiger partial charge on any atom is -0.336 e. The van der Waals surface area contributed by atoms with Crippen molar-refractivity contribution in [1.82, 2.24) is 19.9 Å². The topological polar surface area (TPSA) is 61.9 Å². The zero-order chi connectivity index (χ0) is 22.6. The first-order valence-corrected chi connectivity index (χ1v) is 11.3. The zero-order valence-electron chi connectivity index (χ0n) is 18.1. The minimum atomic E-state index is -0.352.